The molecule has 0 aliphatic heterocycles. The molecule has 0 spiro atoms. The molecule has 24 aromatic rings. The first-order chi connectivity index (χ1) is 63.5. The molecule has 604 valence electrons. The van der Waals surface area contributed by atoms with E-state index in [1.807, 2.05) is 45.3 Å². The van der Waals surface area contributed by atoms with Crippen LogP contribution < -0.4 is 19.6 Å². The second-order valence-electron chi connectivity index (χ2n) is 32.2. The molecular weight excluding hydrogens is 1630 g/mol. The molecule has 20 aromatic carbocycles. The number of benzene rings is 20. The summed E-state index contributed by atoms with van der Waals surface area (Å²) in [5.41, 5.74) is 28.0. The third kappa shape index (κ3) is 14.7. The van der Waals surface area contributed by atoms with Crippen molar-refractivity contribution >= 4 is 194 Å². The summed E-state index contributed by atoms with van der Waals surface area (Å²) in [4.78, 5) is 9.63. The zero-order chi connectivity index (χ0) is 84.8. The fourth-order valence-electron chi connectivity index (χ4n) is 18.3. The summed E-state index contributed by atoms with van der Waals surface area (Å²) in [6.45, 7) is 0. The molecule has 0 saturated carbocycles. The number of anilines is 12. The van der Waals surface area contributed by atoms with Gasteiger partial charge in [-0.05, 0) is 212 Å². The van der Waals surface area contributed by atoms with E-state index < -0.39 is 0 Å². The number of hydrogen-bond acceptors (Lipinski definition) is 8. The van der Waals surface area contributed by atoms with Gasteiger partial charge in [-0.2, -0.15) is 0 Å². The van der Waals surface area contributed by atoms with Gasteiger partial charge in [-0.15, -0.1) is 45.3 Å². The molecular formula is C120H80N4S4. The Kier molecular flexibility index (Phi) is 20.4. The molecule has 0 aliphatic rings. The molecule has 0 aliphatic carbocycles. The van der Waals surface area contributed by atoms with E-state index in [1.54, 1.807) is 0 Å². The van der Waals surface area contributed by atoms with Crippen LogP contribution in [0.1, 0.15) is 0 Å². The molecule has 0 unspecified atom stereocenters. The highest BCUT2D eigenvalue weighted by Gasteiger charge is 2.26. The highest BCUT2D eigenvalue weighted by atomic mass is 32.1. The third-order valence-electron chi connectivity index (χ3n) is 24.6. The Bertz CT molecular complexity index is 7810. The molecule has 8 heteroatoms. The number of hydrogen-bond donors (Lipinski definition) is 0. The zero-order valence-corrected chi connectivity index (χ0v) is 72.9. The Balaban J connectivity index is 0.000000146. The monoisotopic (exact) mass is 1700 g/mol. The molecule has 0 N–H and O–H groups in total. The molecule has 128 heavy (non-hydrogen) atoms. The van der Waals surface area contributed by atoms with Crippen LogP contribution in [-0.2, 0) is 0 Å². The van der Waals surface area contributed by atoms with Crippen molar-refractivity contribution in [3.63, 3.8) is 0 Å². The van der Waals surface area contributed by atoms with Gasteiger partial charge in [0.05, 0.1) is 41.5 Å². The molecule has 4 aromatic heterocycles. The van der Waals surface area contributed by atoms with Crippen LogP contribution in [0.25, 0.3) is 147 Å². The van der Waals surface area contributed by atoms with Crippen molar-refractivity contribution in [2.75, 3.05) is 19.6 Å². The normalized spacial score (nSPS) is 11.4. The van der Waals surface area contributed by atoms with Gasteiger partial charge in [0, 0.05) is 107 Å². The van der Waals surface area contributed by atoms with E-state index in [4.69, 9.17) is 0 Å². The molecule has 0 amide bonds. The van der Waals surface area contributed by atoms with Crippen LogP contribution in [0.2, 0.25) is 0 Å². The standard InChI is InChI=1S/2C60H40N2S2/c1-3-13-41(14-4-1)43-25-33-47(34-26-43)61(48-35-27-44(28-36-48)42-15-5-2-6-16-42)49-37-29-45(30-38-49)46-31-39-50(40-32-46)62(55-21-11-19-53-51-17-7-9-23-57(51)63-59(53)55)56-22-12-20-54-52-18-8-10-24-58(52)64-60(54)56;1-3-13-41(14-4-1)42-25-27-43(28-26-42)44-29-35-48(36-30-44)61(47-15-5-2-6-16-47)49-37-31-45(32-38-49)46-33-39-50(40-34-46)62(55-21-11-19-53-51-17-7-9-23-57(51)63-59(53)55)56-22-12-20-54-52-18-8-10-24-58(52)64-60(54)56/h2*1-40H. The Morgan fingerprint density at radius 1 is 0.109 bits per heavy atom. The van der Waals surface area contributed by atoms with Crippen molar-refractivity contribution in [3.05, 3.63) is 485 Å². The third-order valence-corrected chi connectivity index (χ3v) is 29.4. The van der Waals surface area contributed by atoms with E-state index in [0.717, 1.165) is 45.5 Å². The molecule has 0 saturated heterocycles. The van der Waals surface area contributed by atoms with Crippen molar-refractivity contribution in [1.82, 2.24) is 0 Å². The predicted octanol–water partition coefficient (Wildman–Crippen LogP) is 36.7. The zero-order valence-electron chi connectivity index (χ0n) is 69.6. The lowest BCUT2D eigenvalue weighted by Gasteiger charge is -2.27. The Labute approximate surface area is 759 Å². The molecule has 24 rings (SSSR count). The van der Waals surface area contributed by atoms with E-state index in [1.165, 1.54) is 170 Å². The van der Waals surface area contributed by atoms with Gasteiger partial charge < -0.3 is 19.6 Å². The van der Waals surface area contributed by atoms with E-state index in [9.17, 15) is 0 Å². The van der Waals surface area contributed by atoms with Crippen LogP contribution in [0, 0.1) is 0 Å². The van der Waals surface area contributed by atoms with Gasteiger partial charge >= 0.3 is 0 Å². The quantitative estimate of drug-likeness (QED) is 0.0849. The number of rotatable bonds is 18. The second-order valence-corrected chi connectivity index (χ2v) is 36.4. The van der Waals surface area contributed by atoms with Gasteiger partial charge in [-0.3, -0.25) is 0 Å². The number of para-hydroxylation sites is 1. The molecule has 0 bridgehead atoms. The minimum absolute atomic E-state index is 1.10. The molecule has 0 radical (unpaired) electrons. The minimum atomic E-state index is 1.10. The summed E-state index contributed by atoms with van der Waals surface area (Å²) in [6.07, 6.45) is 0. The number of nitrogens with zero attached hydrogens (tertiary/aromatic N) is 4. The smallest absolute Gasteiger partial charge is 0.0640 e. The van der Waals surface area contributed by atoms with E-state index >= 15 is 0 Å². The van der Waals surface area contributed by atoms with Crippen LogP contribution in [0.15, 0.2) is 485 Å². The van der Waals surface area contributed by atoms with Gasteiger partial charge in [0.25, 0.3) is 0 Å². The van der Waals surface area contributed by atoms with Gasteiger partial charge in [0.2, 0.25) is 0 Å². The number of fused-ring (bicyclic) bond motifs is 12. The Morgan fingerprint density at radius 3 is 0.484 bits per heavy atom. The molecule has 0 fully saturated rings. The van der Waals surface area contributed by atoms with Crippen LogP contribution >= 0.6 is 45.3 Å². The van der Waals surface area contributed by atoms with Gasteiger partial charge in [-0.1, -0.05) is 340 Å². The van der Waals surface area contributed by atoms with Gasteiger partial charge in [0.1, 0.15) is 0 Å². The topological polar surface area (TPSA) is 13.0 Å². The minimum Gasteiger partial charge on any atom is -0.311 e. The highest BCUT2D eigenvalue weighted by molar-refractivity contribution is 7.28. The fourth-order valence-corrected chi connectivity index (χ4v) is 23.1. The van der Waals surface area contributed by atoms with Crippen LogP contribution in [0.4, 0.5) is 68.2 Å². The van der Waals surface area contributed by atoms with E-state index in [2.05, 4.69) is 505 Å². The van der Waals surface area contributed by atoms with Crippen molar-refractivity contribution in [3.8, 4) is 66.8 Å². The van der Waals surface area contributed by atoms with Crippen LogP contribution in [0.5, 0.6) is 0 Å². The average Bonchev–Trinajstić information content (AvgIpc) is 1.56. The highest BCUT2D eigenvalue weighted by Crippen LogP contribution is 2.53. The summed E-state index contributed by atoms with van der Waals surface area (Å²) in [7, 11) is 0. The average molecular weight is 1710 g/mol. The largest absolute Gasteiger partial charge is 0.311 e. The lowest BCUT2D eigenvalue weighted by molar-refractivity contribution is 1.28. The molecule has 0 atom stereocenters. The van der Waals surface area contributed by atoms with Gasteiger partial charge in [-0.25, -0.2) is 0 Å². The van der Waals surface area contributed by atoms with Crippen molar-refractivity contribution in [1.29, 1.82) is 0 Å². The predicted molar refractivity (Wildman–Crippen MR) is 556 cm³/mol. The summed E-state index contributed by atoms with van der Waals surface area (Å²) in [6, 6.07) is 176. The van der Waals surface area contributed by atoms with Crippen molar-refractivity contribution < 1.29 is 0 Å². The maximum Gasteiger partial charge on any atom is 0.0640 e. The first-order valence-electron chi connectivity index (χ1n) is 43.3. The maximum absolute atomic E-state index is 2.48. The molecule has 4 nitrogen and oxygen atoms in total. The lowest BCUT2D eigenvalue weighted by atomic mass is 10.00. The van der Waals surface area contributed by atoms with E-state index in [-0.39, 0.29) is 0 Å². The summed E-state index contributed by atoms with van der Waals surface area (Å²) in [5, 5.41) is 10.4. The Morgan fingerprint density at radius 2 is 0.266 bits per heavy atom. The summed E-state index contributed by atoms with van der Waals surface area (Å²) >= 11 is 7.49. The summed E-state index contributed by atoms with van der Waals surface area (Å²) < 4.78 is 10.4. The van der Waals surface area contributed by atoms with Crippen molar-refractivity contribution in [2.24, 2.45) is 0 Å². The first kappa shape index (κ1) is 77.3. The second kappa shape index (κ2) is 33.9. The van der Waals surface area contributed by atoms with Gasteiger partial charge in [0.15, 0.2) is 0 Å². The Hall–Kier alpha value is -15.5. The lowest BCUT2D eigenvalue weighted by Crippen LogP contribution is -2.10. The number of thiophene rings is 4. The van der Waals surface area contributed by atoms with Crippen molar-refractivity contribution in [2.45, 2.75) is 0 Å². The fraction of sp³-hybridized carbons (Fsp3) is 0. The van der Waals surface area contributed by atoms with E-state index in [0.29, 0.717) is 0 Å². The maximum atomic E-state index is 2.48. The SMILES string of the molecule is c1ccc(-c2ccc(-c3ccc(N(c4ccccc4)c4ccc(-c5ccc(N(c6cccc7c6sc6ccccc67)c6cccc7c6sc6ccccc67)cc5)cc4)cc3)cc2)cc1.c1ccc(-c2ccc(N(c3ccc(-c4ccccc4)cc3)c3ccc(-c4ccc(N(c5cccc6c5sc5ccccc56)c5cccc6c5sc5ccccc56)cc4)cc3)cc2)cc1. The first-order valence-corrected chi connectivity index (χ1v) is 46.6. The van der Waals surface area contributed by atoms with Crippen LogP contribution in [0.3, 0.4) is 0 Å². The molecule has 4 heterocycles. The van der Waals surface area contributed by atoms with Crippen LogP contribution in [-0.4, -0.2) is 0 Å². The summed E-state index contributed by atoms with van der Waals surface area (Å²) in [5.74, 6) is 0.